The molecule has 4 N–H and O–H groups in total. The summed E-state index contributed by atoms with van der Waals surface area (Å²) in [5.41, 5.74) is 9.69. The van der Waals surface area contributed by atoms with E-state index in [4.69, 9.17) is 5.73 Å². The predicted molar refractivity (Wildman–Crippen MR) is 97.0 cm³/mol. The molecule has 0 atom stereocenters. The molecule has 7 nitrogen and oxygen atoms in total. The van der Waals surface area contributed by atoms with Crippen LogP contribution in [0, 0.1) is 6.92 Å². The summed E-state index contributed by atoms with van der Waals surface area (Å²) in [6.07, 6.45) is 6.86. The highest BCUT2D eigenvalue weighted by Gasteiger charge is 2.05. The Morgan fingerprint density at radius 3 is 2.68 bits per heavy atom. The van der Waals surface area contributed by atoms with Crippen LogP contribution in [0.1, 0.15) is 11.1 Å². The van der Waals surface area contributed by atoms with Crippen molar-refractivity contribution in [3.63, 3.8) is 0 Å². The molecule has 0 saturated carbocycles. The number of pyridine rings is 1. The fourth-order valence-electron chi connectivity index (χ4n) is 2.39. The van der Waals surface area contributed by atoms with E-state index in [9.17, 15) is 4.79 Å². The monoisotopic (exact) mass is 334 g/mol. The van der Waals surface area contributed by atoms with Crippen molar-refractivity contribution in [2.45, 2.75) is 13.5 Å². The van der Waals surface area contributed by atoms with Gasteiger partial charge in [0.1, 0.15) is 0 Å². The molecule has 1 aromatic carbocycles. The lowest BCUT2D eigenvalue weighted by molar-refractivity contribution is 0.259. The normalized spacial score (nSPS) is 10.3. The lowest BCUT2D eigenvalue weighted by atomic mass is 10.1. The largest absolute Gasteiger partial charge is 0.380 e. The van der Waals surface area contributed by atoms with E-state index in [1.165, 1.54) is 0 Å². The summed E-state index contributed by atoms with van der Waals surface area (Å²) in [6.45, 7) is 2.60. The second kappa shape index (κ2) is 7.39. The number of nitrogens with zero attached hydrogens (tertiary/aromatic N) is 3. The quantitative estimate of drug-likeness (QED) is 0.665. The predicted octanol–water partition coefficient (Wildman–Crippen LogP) is 2.95. The number of carbonyl (C=O) groups excluding carboxylic acids is 1. The van der Waals surface area contributed by atoms with E-state index < -0.39 is 6.03 Å². The van der Waals surface area contributed by atoms with Crippen molar-refractivity contribution in [3.05, 3.63) is 66.2 Å². The molecule has 2 aromatic heterocycles. The van der Waals surface area contributed by atoms with Gasteiger partial charge in [0.2, 0.25) is 0 Å². The van der Waals surface area contributed by atoms with Gasteiger partial charge in [0.15, 0.2) is 5.82 Å². The standard InChI is InChI=1S/C18H18N6O/c1-12-3-4-15(24-18(19)25)7-13(12)10-23-16-8-14(9-20-11-16)17-21-5-2-6-22-17/h2-9,11,23H,10H2,1H3,(H3,19,24,25). The van der Waals surface area contributed by atoms with Crippen LogP contribution in [0.25, 0.3) is 11.4 Å². The molecule has 2 heterocycles. The minimum absolute atomic E-state index is 0.581. The van der Waals surface area contributed by atoms with Crippen LogP contribution in [0.3, 0.4) is 0 Å². The average molecular weight is 334 g/mol. The number of urea groups is 1. The van der Waals surface area contributed by atoms with Crippen molar-refractivity contribution in [1.29, 1.82) is 0 Å². The number of carbonyl (C=O) groups is 1. The van der Waals surface area contributed by atoms with Gasteiger partial charge >= 0.3 is 6.03 Å². The molecule has 0 radical (unpaired) electrons. The highest BCUT2D eigenvalue weighted by atomic mass is 16.2. The summed E-state index contributed by atoms with van der Waals surface area (Å²) in [6, 6.07) is 8.79. The molecule has 0 saturated heterocycles. The highest BCUT2D eigenvalue weighted by molar-refractivity contribution is 5.87. The van der Waals surface area contributed by atoms with E-state index in [0.29, 0.717) is 18.1 Å². The SMILES string of the molecule is Cc1ccc(NC(N)=O)cc1CNc1cncc(-c2ncccn2)c1. The molecule has 3 rings (SSSR count). The van der Waals surface area contributed by atoms with Crippen molar-refractivity contribution < 1.29 is 4.79 Å². The van der Waals surface area contributed by atoms with E-state index in [0.717, 1.165) is 22.4 Å². The van der Waals surface area contributed by atoms with E-state index in [1.54, 1.807) is 30.9 Å². The summed E-state index contributed by atoms with van der Waals surface area (Å²) >= 11 is 0. The average Bonchev–Trinajstić information content (AvgIpc) is 2.63. The number of anilines is 2. The Morgan fingerprint density at radius 2 is 1.92 bits per heavy atom. The number of hydrogen-bond donors (Lipinski definition) is 3. The molecule has 7 heteroatoms. The lowest BCUT2D eigenvalue weighted by Gasteiger charge is -2.12. The Hall–Kier alpha value is -3.48. The van der Waals surface area contributed by atoms with Crippen molar-refractivity contribution in [3.8, 4) is 11.4 Å². The summed E-state index contributed by atoms with van der Waals surface area (Å²) in [7, 11) is 0. The zero-order valence-corrected chi connectivity index (χ0v) is 13.7. The molecule has 0 unspecified atom stereocenters. The second-order valence-electron chi connectivity index (χ2n) is 5.52. The fourth-order valence-corrected chi connectivity index (χ4v) is 2.39. The number of amides is 2. The van der Waals surface area contributed by atoms with Crippen LogP contribution in [-0.2, 0) is 6.54 Å². The molecule has 0 bridgehead atoms. The van der Waals surface area contributed by atoms with Crippen LogP contribution in [0.4, 0.5) is 16.2 Å². The summed E-state index contributed by atoms with van der Waals surface area (Å²) in [5, 5.41) is 5.91. The van der Waals surface area contributed by atoms with E-state index in [2.05, 4.69) is 25.6 Å². The topological polar surface area (TPSA) is 106 Å². The molecule has 0 aliphatic heterocycles. The molecule has 2 amide bonds. The summed E-state index contributed by atoms with van der Waals surface area (Å²) in [5.74, 6) is 0.627. The molecule has 0 spiro atoms. The zero-order chi connectivity index (χ0) is 17.6. The number of nitrogens with one attached hydrogen (secondary N) is 2. The highest BCUT2D eigenvalue weighted by Crippen LogP contribution is 2.20. The van der Waals surface area contributed by atoms with Crippen molar-refractivity contribution in [1.82, 2.24) is 15.0 Å². The van der Waals surface area contributed by atoms with Crippen LogP contribution in [0.15, 0.2) is 55.1 Å². The first-order valence-electron chi connectivity index (χ1n) is 7.74. The van der Waals surface area contributed by atoms with Gasteiger partial charge in [-0.1, -0.05) is 6.07 Å². The maximum Gasteiger partial charge on any atom is 0.316 e. The number of hydrogen-bond acceptors (Lipinski definition) is 5. The van der Waals surface area contributed by atoms with Gasteiger partial charge in [-0.3, -0.25) is 4.98 Å². The third kappa shape index (κ3) is 4.29. The van der Waals surface area contributed by atoms with E-state index in [-0.39, 0.29) is 0 Å². The molecular weight excluding hydrogens is 316 g/mol. The van der Waals surface area contributed by atoms with Gasteiger partial charge < -0.3 is 16.4 Å². The third-order valence-corrected chi connectivity index (χ3v) is 3.66. The van der Waals surface area contributed by atoms with Crippen LogP contribution in [-0.4, -0.2) is 21.0 Å². The van der Waals surface area contributed by atoms with Gasteiger partial charge in [-0.25, -0.2) is 14.8 Å². The molecule has 3 aromatic rings. The number of benzene rings is 1. The van der Waals surface area contributed by atoms with Crippen LogP contribution in [0.5, 0.6) is 0 Å². The second-order valence-corrected chi connectivity index (χ2v) is 5.52. The fraction of sp³-hybridized carbons (Fsp3) is 0.111. The van der Waals surface area contributed by atoms with Gasteiger partial charge in [-0.2, -0.15) is 0 Å². The van der Waals surface area contributed by atoms with E-state index in [1.807, 2.05) is 31.2 Å². The molecule has 126 valence electrons. The smallest absolute Gasteiger partial charge is 0.316 e. The maximum atomic E-state index is 11.0. The lowest BCUT2D eigenvalue weighted by Crippen LogP contribution is -2.19. The Morgan fingerprint density at radius 1 is 1.12 bits per heavy atom. The van der Waals surface area contributed by atoms with Gasteiger partial charge in [-0.15, -0.1) is 0 Å². The number of primary amides is 1. The van der Waals surface area contributed by atoms with Gasteiger partial charge in [0.05, 0.1) is 5.69 Å². The summed E-state index contributed by atoms with van der Waals surface area (Å²) < 4.78 is 0. The first kappa shape index (κ1) is 16.4. The molecular formula is C18H18N6O. The molecule has 0 aliphatic carbocycles. The molecule has 0 fully saturated rings. The van der Waals surface area contributed by atoms with Crippen LogP contribution in [0.2, 0.25) is 0 Å². The van der Waals surface area contributed by atoms with Crippen molar-refractivity contribution >= 4 is 17.4 Å². The Bertz CT molecular complexity index is 882. The van der Waals surface area contributed by atoms with Gasteiger partial charge in [-0.05, 0) is 42.3 Å². The van der Waals surface area contributed by atoms with Gasteiger partial charge in [0, 0.05) is 42.6 Å². The molecule has 25 heavy (non-hydrogen) atoms. The van der Waals surface area contributed by atoms with E-state index >= 15 is 0 Å². The first-order chi connectivity index (χ1) is 12.1. The number of rotatable bonds is 5. The van der Waals surface area contributed by atoms with Crippen molar-refractivity contribution in [2.75, 3.05) is 10.6 Å². The minimum Gasteiger partial charge on any atom is -0.380 e. The Kier molecular flexibility index (Phi) is 4.84. The summed E-state index contributed by atoms with van der Waals surface area (Å²) in [4.78, 5) is 23.7. The number of aryl methyl sites for hydroxylation is 1. The number of aromatic nitrogens is 3. The van der Waals surface area contributed by atoms with Gasteiger partial charge in [0.25, 0.3) is 0 Å². The molecule has 0 aliphatic rings. The number of nitrogens with two attached hydrogens (primary N) is 1. The third-order valence-electron chi connectivity index (χ3n) is 3.66. The Balaban J connectivity index is 1.75. The first-order valence-corrected chi connectivity index (χ1v) is 7.74. The Labute approximate surface area is 145 Å². The maximum absolute atomic E-state index is 11.0. The van der Waals surface area contributed by atoms with Crippen LogP contribution < -0.4 is 16.4 Å². The van der Waals surface area contributed by atoms with Crippen molar-refractivity contribution in [2.24, 2.45) is 5.73 Å². The minimum atomic E-state index is -0.581. The van der Waals surface area contributed by atoms with Crippen LogP contribution >= 0.6 is 0 Å². The zero-order valence-electron chi connectivity index (χ0n) is 13.7.